The first-order valence-electron chi connectivity index (χ1n) is 6.46. The molecule has 20 heavy (non-hydrogen) atoms. The summed E-state index contributed by atoms with van der Waals surface area (Å²) in [6.45, 7) is 2.11. The lowest BCUT2D eigenvalue weighted by atomic mass is 10.2. The van der Waals surface area contributed by atoms with E-state index in [9.17, 15) is 9.59 Å². The molecule has 1 saturated heterocycles. The maximum Gasteiger partial charge on any atom is 0.228 e. The maximum absolute atomic E-state index is 12.2. The summed E-state index contributed by atoms with van der Waals surface area (Å²) in [7, 11) is 0. The van der Waals surface area contributed by atoms with Gasteiger partial charge in [-0.1, -0.05) is 30.0 Å². The van der Waals surface area contributed by atoms with Gasteiger partial charge in [0.1, 0.15) is 0 Å². The van der Waals surface area contributed by atoms with Crippen LogP contribution >= 0.6 is 11.8 Å². The molecule has 0 aliphatic carbocycles. The van der Waals surface area contributed by atoms with Crippen LogP contribution in [0.2, 0.25) is 0 Å². The number of hydrogen-bond donors (Lipinski definition) is 0. The van der Waals surface area contributed by atoms with Crippen LogP contribution in [0.1, 0.15) is 13.3 Å². The van der Waals surface area contributed by atoms with Crippen LogP contribution in [0.15, 0.2) is 36.5 Å². The fourth-order valence-electron chi connectivity index (χ4n) is 2.53. The minimum atomic E-state index is 0.0407. The number of para-hydroxylation sites is 1. The molecular weight excluding hydrogens is 272 g/mol. The summed E-state index contributed by atoms with van der Waals surface area (Å²) in [5, 5.41) is 1.11. The smallest absolute Gasteiger partial charge is 0.228 e. The van der Waals surface area contributed by atoms with Gasteiger partial charge in [-0.05, 0) is 12.1 Å². The van der Waals surface area contributed by atoms with Crippen LogP contribution in [0.25, 0.3) is 10.9 Å². The fraction of sp³-hybridized carbons (Fsp3) is 0.267. The molecule has 1 aromatic heterocycles. The van der Waals surface area contributed by atoms with Gasteiger partial charge in [-0.25, -0.2) is 0 Å². The van der Waals surface area contributed by atoms with Gasteiger partial charge < -0.3 is 4.90 Å². The first-order valence-corrected chi connectivity index (χ1v) is 7.34. The Kier molecular flexibility index (Phi) is 3.44. The van der Waals surface area contributed by atoms with Crippen molar-refractivity contribution in [3.8, 4) is 0 Å². The van der Waals surface area contributed by atoms with E-state index >= 15 is 0 Å². The van der Waals surface area contributed by atoms with E-state index in [1.165, 1.54) is 18.7 Å². The van der Waals surface area contributed by atoms with Crippen LogP contribution < -0.4 is 4.90 Å². The van der Waals surface area contributed by atoms with Gasteiger partial charge in [0.2, 0.25) is 5.91 Å². The van der Waals surface area contributed by atoms with Crippen LogP contribution in [0, 0.1) is 0 Å². The summed E-state index contributed by atoms with van der Waals surface area (Å²) in [6, 6.07) is 9.68. The van der Waals surface area contributed by atoms with Crippen molar-refractivity contribution >= 4 is 39.4 Å². The van der Waals surface area contributed by atoms with Crippen LogP contribution in [0.5, 0.6) is 0 Å². The van der Waals surface area contributed by atoms with Gasteiger partial charge in [-0.2, -0.15) is 0 Å². The number of thioether (sulfide) groups is 1. The highest BCUT2D eigenvalue weighted by Crippen LogP contribution is 2.32. The van der Waals surface area contributed by atoms with Crippen molar-refractivity contribution in [2.24, 2.45) is 0 Å². The average molecular weight is 286 g/mol. The van der Waals surface area contributed by atoms with Gasteiger partial charge in [0.05, 0.1) is 11.2 Å². The number of hydrogen-bond acceptors (Lipinski definition) is 4. The topological polar surface area (TPSA) is 50.3 Å². The van der Waals surface area contributed by atoms with Crippen LogP contribution in [-0.4, -0.2) is 27.8 Å². The Balaban J connectivity index is 1.95. The van der Waals surface area contributed by atoms with Gasteiger partial charge in [-0.15, -0.1) is 0 Å². The molecule has 1 fully saturated rings. The molecule has 2 aromatic rings. The molecule has 0 N–H and O–H groups in total. The van der Waals surface area contributed by atoms with E-state index in [2.05, 4.69) is 4.98 Å². The van der Waals surface area contributed by atoms with Crippen molar-refractivity contribution in [1.82, 2.24) is 4.98 Å². The van der Waals surface area contributed by atoms with E-state index < -0.39 is 0 Å². The highest BCUT2D eigenvalue weighted by atomic mass is 32.2. The van der Waals surface area contributed by atoms with E-state index in [1.807, 2.05) is 30.3 Å². The molecule has 2 heterocycles. The Labute approximate surface area is 121 Å². The summed E-state index contributed by atoms with van der Waals surface area (Å²) in [6.07, 6.45) is 2.14. The number of aromatic nitrogens is 1. The second-order valence-electron chi connectivity index (χ2n) is 4.79. The normalized spacial score (nSPS) is 18.8. The van der Waals surface area contributed by atoms with Crippen molar-refractivity contribution in [3.63, 3.8) is 0 Å². The third kappa shape index (κ3) is 2.41. The summed E-state index contributed by atoms with van der Waals surface area (Å²) >= 11 is 1.25. The first kappa shape index (κ1) is 13.1. The summed E-state index contributed by atoms with van der Waals surface area (Å²) in [5.74, 6) is 0.0573. The van der Waals surface area contributed by atoms with Crippen molar-refractivity contribution in [2.45, 2.75) is 18.6 Å². The minimum Gasteiger partial charge on any atom is -0.309 e. The highest BCUT2D eigenvalue weighted by Gasteiger charge is 2.32. The van der Waals surface area contributed by atoms with Crippen LogP contribution in [-0.2, 0) is 9.59 Å². The molecule has 1 aliphatic rings. The molecule has 0 bridgehead atoms. The largest absolute Gasteiger partial charge is 0.309 e. The Morgan fingerprint density at radius 1 is 1.35 bits per heavy atom. The van der Waals surface area contributed by atoms with Gasteiger partial charge in [0.15, 0.2) is 5.12 Å². The molecule has 1 unspecified atom stereocenters. The molecule has 5 heteroatoms. The van der Waals surface area contributed by atoms with E-state index in [-0.39, 0.29) is 16.3 Å². The number of carbonyl (C=O) groups is 2. The predicted molar refractivity (Wildman–Crippen MR) is 80.8 cm³/mol. The Bertz CT molecular complexity index is 681. The Morgan fingerprint density at radius 3 is 2.95 bits per heavy atom. The number of carbonyl (C=O) groups excluding carboxylic acids is 2. The predicted octanol–water partition coefficient (Wildman–Crippen LogP) is 2.62. The van der Waals surface area contributed by atoms with E-state index in [4.69, 9.17) is 0 Å². The van der Waals surface area contributed by atoms with Crippen molar-refractivity contribution in [2.75, 3.05) is 11.4 Å². The monoisotopic (exact) mass is 286 g/mol. The number of anilines is 1. The second kappa shape index (κ2) is 5.25. The molecule has 102 valence electrons. The lowest BCUT2D eigenvalue weighted by molar-refractivity contribution is -0.117. The third-order valence-electron chi connectivity index (χ3n) is 3.32. The number of nitrogens with zero attached hydrogens (tertiary/aromatic N) is 2. The van der Waals surface area contributed by atoms with E-state index in [0.717, 1.165) is 16.6 Å². The van der Waals surface area contributed by atoms with Crippen molar-refractivity contribution < 1.29 is 9.59 Å². The summed E-state index contributed by atoms with van der Waals surface area (Å²) in [4.78, 5) is 29.5. The number of fused-ring (bicyclic) bond motifs is 1. The zero-order valence-electron chi connectivity index (χ0n) is 11.1. The Hall–Kier alpha value is -1.88. The molecule has 1 amide bonds. The van der Waals surface area contributed by atoms with Gasteiger partial charge in [0, 0.05) is 36.7 Å². The fourth-order valence-corrected chi connectivity index (χ4v) is 3.45. The molecule has 1 aliphatic heterocycles. The maximum atomic E-state index is 12.2. The number of rotatable bonds is 2. The first-order chi connectivity index (χ1) is 9.65. The van der Waals surface area contributed by atoms with Gasteiger partial charge >= 0.3 is 0 Å². The van der Waals surface area contributed by atoms with Crippen LogP contribution in [0.4, 0.5) is 5.69 Å². The molecule has 1 aromatic carbocycles. The quantitative estimate of drug-likeness (QED) is 0.851. The highest BCUT2D eigenvalue weighted by molar-refractivity contribution is 8.14. The van der Waals surface area contributed by atoms with E-state index in [0.29, 0.717) is 13.0 Å². The molecular formula is C15H14N2O2S. The van der Waals surface area contributed by atoms with Crippen molar-refractivity contribution in [3.05, 3.63) is 36.5 Å². The van der Waals surface area contributed by atoms with E-state index in [1.54, 1.807) is 11.1 Å². The molecule has 0 saturated carbocycles. The third-order valence-corrected chi connectivity index (χ3v) is 4.31. The van der Waals surface area contributed by atoms with Gasteiger partial charge in [-0.3, -0.25) is 14.6 Å². The zero-order valence-corrected chi connectivity index (χ0v) is 11.9. The van der Waals surface area contributed by atoms with Gasteiger partial charge in [0.25, 0.3) is 0 Å². The second-order valence-corrected chi connectivity index (χ2v) is 6.27. The minimum absolute atomic E-state index is 0.0407. The number of pyridine rings is 1. The summed E-state index contributed by atoms with van der Waals surface area (Å²) < 4.78 is 0. The molecule has 0 spiro atoms. The average Bonchev–Trinajstić information content (AvgIpc) is 2.78. The standard InChI is InChI=1S/C15H14N2O2S/c1-10(18)20-12-8-14(19)17(9-12)13-6-2-4-11-5-3-7-16-15(11)13/h2-7,12H,8-9H2,1H3. The lowest BCUT2D eigenvalue weighted by Gasteiger charge is -2.18. The lowest BCUT2D eigenvalue weighted by Crippen LogP contribution is -2.25. The Morgan fingerprint density at radius 2 is 2.15 bits per heavy atom. The summed E-state index contributed by atoms with van der Waals surface area (Å²) in [5.41, 5.74) is 1.66. The molecule has 4 nitrogen and oxygen atoms in total. The SMILES string of the molecule is CC(=O)SC1CC(=O)N(c2cccc3cccnc23)C1. The number of amides is 1. The number of benzene rings is 1. The molecule has 3 rings (SSSR count). The molecule has 1 atom stereocenters. The molecule has 0 radical (unpaired) electrons. The van der Waals surface area contributed by atoms with Crippen molar-refractivity contribution in [1.29, 1.82) is 0 Å². The zero-order chi connectivity index (χ0) is 14.1. The van der Waals surface area contributed by atoms with Crippen LogP contribution in [0.3, 0.4) is 0 Å².